The Kier molecular flexibility index (Phi) is 4.19. The van der Waals surface area contributed by atoms with E-state index in [2.05, 4.69) is 47.5 Å². The first-order chi connectivity index (χ1) is 9.33. The van der Waals surface area contributed by atoms with Gasteiger partial charge < -0.3 is 5.32 Å². The second kappa shape index (κ2) is 6.06. The maximum atomic E-state index is 3.65. The molecule has 1 saturated carbocycles. The van der Waals surface area contributed by atoms with E-state index in [1.807, 2.05) is 0 Å². The quantitative estimate of drug-likeness (QED) is 0.843. The first-order valence-corrected chi connectivity index (χ1v) is 7.85. The third-order valence-corrected chi connectivity index (χ3v) is 4.64. The molecular weight excluding hydrogens is 232 g/mol. The van der Waals surface area contributed by atoms with Crippen LogP contribution in [-0.2, 0) is 0 Å². The highest BCUT2D eigenvalue weighted by atomic mass is 15.2. The van der Waals surface area contributed by atoms with E-state index in [0.29, 0.717) is 12.1 Å². The van der Waals surface area contributed by atoms with Crippen molar-refractivity contribution >= 4 is 0 Å². The Morgan fingerprint density at radius 3 is 2.58 bits per heavy atom. The van der Waals surface area contributed by atoms with Gasteiger partial charge in [0.2, 0.25) is 0 Å². The summed E-state index contributed by atoms with van der Waals surface area (Å²) in [4.78, 5) is 2.70. The van der Waals surface area contributed by atoms with E-state index < -0.39 is 0 Å². The van der Waals surface area contributed by atoms with Crippen LogP contribution in [0.1, 0.15) is 44.2 Å². The van der Waals surface area contributed by atoms with Gasteiger partial charge in [-0.05, 0) is 50.6 Å². The minimum atomic E-state index is 0.546. The number of hydrogen-bond acceptors (Lipinski definition) is 2. The van der Waals surface area contributed by atoms with Crippen LogP contribution in [0.4, 0.5) is 0 Å². The van der Waals surface area contributed by atoms with Gasteiger partial charge in [-0.25, -0.2) is 0 Å². The number of nitrogens with one attached hydrogen (secondary N) is 1. The van der Waals surface area contributed by atoms with Gasteiger partial charge in [0.1, 0.15) is 0 Å². The Bertz CT molecular complexity index is 380. The van der Waals surface area contributed by atoms with E-state index >= 15 is 0 Å². The summed E-state index contributed by atoms with van der Waals surface area (Å²) in [5.74, 6) is 0.965. The predicted molar refractivity (Wildman–Crippen MR) is 80.2 cm³/mol. The summed E-state index contributed by atoms with van der Waals surface area (Å²) in [6.45, 7) is 6.08. The fraction of sp³-hybridized carbons (Fsp3) is 0.647. The lowest BCUT2D eigenvalue weighted by Gasteiger charge is -2.32. The van der Waals surface area contributed by atoms with Crippen molar-refractivity contribution in [1.29, 1.82) is 0 Å². The van der Waals surface area contributed by atoms with E-state index in [1.165, 1.54) is 50.9 Å². The zero-order valence-corrected chi connectivity index (χ0v) is 12.0. The third kappa shape index (κ3) is 3.58. The minimum Gasteiger partial charge on any atom is -0.313 e. The maximum absolute atomic E-state index is 3.65. The number of hydrogen-bond donors (Lipinski definition) is 1. The average Bonchev–Trinajstić information content (AvgIpc) is 3.12. The van der Waals surface area contributed by atoms with Crippen LogP contribution in [-0.4, -0.2) is 30.6 Å². The van der Waals surface area contributed by atoms with Crippen molar-refractivity contribution in [3.63, 3.8) is 0 Å². The molecule has 1 N–H and O–H groups in total. The predicted octanol–water partition coefficient (Wildman–Crippen LogP) is 3.21. The zero-order chi connectivity index (χ0) is 13.1. The molecule has 1 aliphatic carbocycles. The smallest absolute Gasteiger partial charge is 0.0320 e. The molecule has 104 valence electrons. The lowest BCUT2D eigenvalue weighted by molar-refractivity contribution is 0.184. The summed E-state index contributed by atoms with van der Waals surface area (Å²) in [5.41, 5.74) is 1.46. The molecule has 1 aromatic rings. The van der Waals surface area contributed by atoms with Crippen molar-refractivity contribution in [3.05, 3.63) is 35.9 Å². The van der Waals surface area contributed by atoms with Crippen LogP contribution in [0.3, 0.4) is 0 Å². The van der Waals surface area contributed by atoms with E-state index in [4.69, 9.17) is 0 Å². The van der Waals surface area contributed by atoms with Crippen LogP contribution in [0.25, 0.3) is 0 Å². The molecule has 3 rings (SSSR count). The fourth-order valence-electron chi connectivity index (χ4n) is 3.16. The van der Waals surface area contributed by atoms with E-state index in [9.17, 15) is 0 Å². The van der Waals surface area contributed by atoms with E-state index in [-0.39, 0.29) is 0 Å². The molecule has 2 fully saturated rings. The lowest BCUT2D eigenvalue weighted by Crippen LogP contribution is -2.40. The molecule has 1 saturated heterocycles. The maximum Gasteiger partial charge on any atom is 0.0320 e. The third-order valence-electron chi connectivity index (χ3n) is 4.64. The lowest BCUT2D eigenvalue weighted by atomic mass is 10.1. The molecule has 1 heterocycles. The molecule has 2 heteroatoms. The standard InChI is InChI=1S/C17H26N2/c1-14(16-6-3-2-4-7-16)19(12-15-9-10-15)13-17-8-5-11-18-17/h2-4,6-7,14-15,17-18H,5,8-13H2,1H3. The number of rotatable bonds is 6. The summed E-state index contributed by atoms with van der Waals surface area (Å²) < 4.78 is 0. The highest BCUT2D eigenvalue weighted by Crippen LogP contribution is 2.33. The van der Waals surface area contributed by atoms with Gasteiger partial charge in [0, 0.05) is 25.2 Å². The van der Waals surface area contributed by atoms with Gasteiger partial charge in [-0.2, -0.15) is 0 Å². The summed E-state index contributed by atoms with van der Waals surface area (Å²) in [6.07, 6.45) is 5.58. The Morgan fingerprint density at radius 1 is 1.16 bits per heavy atom. The van der Waals surface area contributed by atoms with Crippen molar-refractivity contribution < 1.29 is 0 Å². The monoisotopic (exact) mass is 258 g/mol. The summed E-state index contributed by atoms with van der Waals surface area (Å²) in [7, 11) is 0. The van der Waals surface area contributed by atoms with Gasteiger partial charge in [0.15, 0.2) is 0 Å². The molecule has 0 bridgehead atoms. The molecular formula is C17H26N2. The Morgan fingerprint density at radius 2 is 1.95 bits per heavy atom. The first kappa shape index (κ1) is 13.1. The molecule has 0 amide bonds. The highest BCUT2D eigenvalue weighted by Gasteiger charge is 2.29. The van der Waals surface area contributed by atoms with Crippen LogP contribution in [0, 0.1) is 5.92 Å². The van der Waals surface area contributed by atoms with Crippen LogP contribution < -0.4 is 5.32 Å². The summed E-state index contributed by atoms with van der Waals surface area (Å²) >= 11 is 0. The molecule has 2 atom stereocenters. The van der Waals surface area contributed by atoms with Gasteiger partial charge in [-0.1, -0.05) is 30.3 Å². The number of benzene rings is 1. The molecule has 0 aromatic heterocycles. The Labute approximate surface area is 117 Å². The summed E-state index contributed by atoms with van der Waals surface area (Å²) in [5, 5.41) is 3.65. The molecule has 2 unspecified atom stereocenters. The molecule has 0 spiro atoms. The van der Waals surface area contributed by atoms with Gasteiger partial charge in [0.05, 0.1) is 0 Å². The van der Waals surface area contributed by atoms with Crippen LogP contribution in [0.15, 0.2) is 30.3 Å². The van der Waals surface area contributed by atoms with Gasteiger partial charge in [-0.15, -0.1) is 0 Å². The van der Waals surface area contributed by atoms with E-state index in [0.717, 1.165) is 5.92 Å². The van der Waals surface area contributed by atoms with Gasteiger partial charge in [-0.3, -0.25) is 4.90 Å². The zero-order valence-electron chi connectivity index (χ0n) is 12.0. The molecule has 2 aliphatic rings. The number of nitrogens with zero attached hydrogens (tertiary/aromatic N) is 1. The van der Waals surface area contributed by atoms with Gasteiger partial charge >= 0.3 is 0 Å². The topological polar surface area (TPSA) is 15.3 Å². The van der Waals surface area contributed by atoms with Crippen molar-refractivity contribution in [3.8, 4) is 0 Å². The first-order valence-electron chi connectivity index (χ1n) is 7.85. The van der Waals surface area contributed by atoms with Crippen LogP contribution >= 0.6 is 0 Å². The van der Waals surface area contributed by atoms with Crippen molar-refractivity contribution in [2.75, 3.05) is 19.6 Å². The molecule has 0 radical (unpaired) electrons. The molecule has 2 nitrogen and oxygen atoms in total. The molecule has 1 aromatic carbocycles. The Hall–Kier alpha value is -0.860. The van der Waals surface area contributed by atoms with Crippen LogP contribution in [0.2, 0.25) is 0 Å². The molecule has 19 heavy (non-hydrogen) atoms. The second-order valence-corrected chi connectivity index (χ2v) is 6.28. The molecule has 1 aliphatic heterocycles. The SMILES string of the molecule is CC(c1ccccc1)N(CC1CC1)CC1CCCN1. The van der Waals surface area contributed by atoms with Crippen molar-refractivity contribution in [2.45, 2.75) is 44.7 Å². The minimum absolute atomic E-state index is 0.546. The summed E-state index contributed by atoms with van der Waals surface area (Å²) in [6, 6.07) is 12.2. The van der Waals surface area contributed by atoms with Gasteiger partial charge in [0.25, 0.3) is 0 Å². The van der Waals surface area contributed by atoms with Crippen molar-refractivity contribution in [2.24, 2.45) is 5.92 Å². The normalized spacial score (nSPS) is 24.8. The van der Waals surface area contributed by atoms with Crippen molar-refractivity contribution in [1.82, 2.24) is 10.2 Å². The largest absolute Gasteiger partial charge is 0.313 e. The fourth-order valence-corrected chi connectivity index (χ4v) is 3.16. The highest BCUT2D eigenvalue weighted by molar-refractivity contribution is 5.18. The Balaban J connectivity index is 1.66. The van der Waals surface area contributed by atoms with Crippen LogP contribution in [0.5, 0.6) is 0 Å². The van der Waals surface area contributed by atoms with E-state index in [1.54, 1.807) is 0 Å². The average molecular weight is 258 g/mol. The second-order valence-electron chi connectivity index (χ2n) is 6.28.